The largest absolute Gasteiger partial charge is 2.00 e. The van der Waals surface area contributed by atoms with Gasteiger partial charge >= 0.3 is 32.9 Å². The average Bonchev–Trinajstić information content (AvgIpc) is 2.16. The van der Waals surface area contributed by atoms with E-state index in [1.807, 2.05) is 38.0 Å². The molecule has 0 fully saturated rings. The minimum Gasteiger partial charge on any atom is -1.00 e. The fourth-order valence-electron chi connectivity index (χ4n) is 0.947. The fourth-order valence-corrected chi connectivity index (χ4v) is 0.947. The van der Waals surface area contributed by atoms with Gasteiger partial charge in [0, 0.05) is 26.2 Å². The minimum atomic E-state index is -0.569. The molecule has 6 nitrogen and oxygen atoms in total. The fraction of sp³-hybridized carbons (Fsp3) is 0.800. The van der Waals surface area contributed by atoms with E-state index in [0.717, 1.165) is 13.1 Å². The van der Waals surface area contributed by atoms with E-state index in [0.29, 0.717) is 13.1 Å². The summed E-state index contributed by atoms with van der Waals surface area (Å²) in [6.07, 6.45) is 0. The third-order valence-corrected chi connectivity index (χ3v) is 1.90. The summed E-state index contributed by atoms with van der Waals surface area (Å²) < 4.78 is 0. The molecule has 0 saturated carbocycles. The van der Waals surface area contributed by atoms with Crippen LogP contribution in [0, 0.1) is 0 Å². The first-order valence-electron chi connectivity index (χ1n) is 5.29. The molecule has 11 heteroatoms. The Morgan fingerprint density at radius 3 is 1.14 bits per heavy atom. The van der Waals surface area contributed by atoms with E-state index in [2.05, 4.69) is 10.6 Å². The number of carbonyl (C=O) groups excluding carboxylic acids is 2. The van der Waals surface area contributed by atoms with Crippen LogP contribution in [0.15, 0.2) is 0 Å². The normalized spacial score (nSPS) is 8.10. The van der Waals surface area contributed by atoms with E-state index in [1.54, 1.807) is 0 Å². The number of nitrogens with one attached hydrogen (secondary N) is 2. The summed E-state index contributed by atoms with van der Waals surface area (Å²) >= 11 is 0. The van der Waals surface area contributed by atoms with E-state index in [9.17, 15) is 9.59 Å². The van der Waals surface area contributed by atoms with Crippen LogP contribution in [0.5, 0.6) is 0 Å². The van der Waals surface area contributed by atoms with Crippen LogP contribution in [0.4, 0.5) is 0 Å². The molecule has 0 heterocycles. The number of halogens is 4. The maximum atomic E-state index is 11.2. The Balaban J connectivity index is -0.000000112. The number of nitrogens with zero attached hydrogens (tertiary/aromatic N) is 2. The second kappa shape index (κ2) is 23.0. The summed E-state index contributed by atoms with van der Waals surface area (Å²) in [5.74, 6) is -1.14. The summed E-state index contributed by atoms with van der Waals surface area (Å²) in [4.78, 5) is 26.4. The van der Waals surface area contributed by atoms with Gasteiger partial charge in [-0.1, -0.05) is 0 Å². The molecule has 0 spiro atoms. The Morgan fingerprint density at radius 1 is 0.714 bits per heavy atom. The second-order valence-corrected chi connectivity index (χ2v) is 4.12. The Hall–Kier alpha value is 0.708. The van der Waals surface area contributed by atoms with Gasteiger partial charge in [-0.05, 0) is 28.2 Å². The maximum absolute atomic E-state index is 11.2. The summed E-state index contributed by atoms with van der Waals surface area (Å²) in [5.41, 5.74) is 0. The van der Waals surface area contributed by atoms with Gasteiger partial charge in [-0.2, -0.15) is 0 Å². The Morgan fingerprint density at radius 2 is 0.952 bits per heavy atom. The predicted octanol–water partition coefficient (Wildman–Crippen LogP) is -13.6. The van der Waals surface area contributed by atoms with Crippen LogP contribution in [0.2, 0.25) is 0 Å². The molecule has 2 amide bonds. The Bertz CT molecular complexity index is 225. The summed E-state index contributed by atoms with van der Waals surface area (Å²) in [6, 6.07) is 0. The number of carbonyl (C=O) groups is 2. The van der Waals surface area contributed by atoms with Crippen molar-refractivity contribution < 1.29 is 80.3 Å². The number of rotatable bonds is 6. The van der Waals surface area contributed by atoms with Crippen molar-refractivity contribution in [3.8, 4) is 0 Å². The SMILES string of the molecule is CN(C)CCNC(=O)C(=O)NCCN(C)C.[Cl-].[Cl-].[Cl-].[Cl-].[Pt+2]. The first-order chi connectivity index (χ1) is 7.43. The predicted molar refractivity (Wildman–Crippen MR) is 63.1 cm³/mol. The van der Waals surface area contributed by atoms with Crippen LogP contribution < -0.4 is 60.3 Å². The molecule has 0 bridgehead atoms. The number of likely N-dealkylation sites (N-methyl/N-ethyl adjacent to an activating group) is 2. The second-order valence-electron chi connectivity index (χ2n) is 4.12. The van der Waals surface area contributed by atoms with E-state index in [1.165, 1.54) is 0 Å². The van der Waals surface area contributed by atoms with Crippen molar-refractivity contribution in [1.82, 2.24) is 20.4 Å². The monoisotopic (exact) mass is 565 g/mol. The van der Waals surface area contributed by atoms with Crippen LogP contribution in [0.3, 0.4) is 0 Å². The minimum absolute atomic E-state index is 0. The molecular formula is C10H22Cl4N4O2Pt-2. The van der Waals surface area contributed by atoms with Crippen LogP contribution in [-0.2, 0) is 30.7 Å². The molecule has 0 aliphatic heterocycles. The van der Waals surface area contributed by atoms with Crippen LogP contribution in [0.1, 0.15) is 0 Å². The van der Waals surface area contributed by atoms with Crippen LogP contribution in [-0.4, -0.2) is 76.0 Å². The molecule has 0 aliphatic carbocycles. The first-order valence-corrected chi connectivity index (χ1v) is 5.29. The molecule has 0 aliphatic rings. The number of amides is 2. The molecule has 0 aromatic carbocycles. The standard InChI is InChI=1S/C10H22N4O2.4ClH.Pt/c1-13(2)7-5-11-9(15)10(16)12-6-8-14(3)4;;;;;/h5-8H2,1-4H3,(H,11,15)(H,12,16);4*1H;/q;;;;;+2/p-4. The third-order valence-electron chi connectivity index (χ3n) is 1.90. The van der Waals surface area contributed by atoms with Crippen LogP contribution in [0.25, 0.3) is 0 Å². The van der Waals surface area contributed by atoms with Gasteiger partial charge in [0.1, 0.15) is 0 Å². The van der Waals surface area contributed by atoms with E-state index < -0.39 is 11.8 Å². The molecule has 21 heavy (non-hydrogen) atoms. The maximum Gasteiger partial charge on any atom is 2.00 e. The van der Waals surface area contributed by atoms with Crippen molar-refractivity contribution in [2.45, 2.75) is 0 Å². The van der Waals surface area contributed by atoms with Crippen molar-refractivity contribution in [1.29, 1.82) is 0 Å². The molecule has 0 unspecified atom stereocenters. The summed E-state index contributed by atoms with van der Waals surface area (Å²) in [5, 5.41) is 5.09. The molecule has 0 radical (unpaired) electrons. The molecule has 0 aromatic heterocycles. The Labute approximate surface area is 166 Å². The molecule has 0 saturated heterocycles. The molecule has 0 rings (SSSR count). The third kappa shape index (κ3) is 26.0. The van der Waals surface area contributed by atoms with Gasteiger partial charge < -0.3 is 70.1 Å². The van der Waals surface area contributed by atoms with E-state index >= 15 is 0 Å². The zero-order valence-electron chi connectivity index (χ0n) is 12.4. The average molecular weight is 567 g/mol. The first kappa shape index (κ1) is 37.7. The van der Waals surface area contributed by atoms with Crippen molar-refractivity contribution in [3.05, 3.63) is 0 Å². The number of hydrogen-bond donors (Lipinski definition) is 2. The molecule has 134 valence electrons. The van der Waals surface area contributed by atoms with Gasteiger partial charge in [0.25, 0.3) is 0 Å². The van der Waals surface area contributed by atoms with Gasteiger partial charge in [-0.3, -0.25) is 9.59 Å². The van der Waals surface area contributed by atoms with Gasteiger partial charge in [-0.15, -0.1) is 0 Å². The molecular weight excluding hydrogens is 545 g/mol. The summed E-state index contributed by atoms with van der Waals surface area (Å²) in [7, 11) is 7.62. The topological polar surface area (TPSA) is 64.7 Å². The number of hydrogen-bond acceptors (Lipinski definition) is 4. The Kier molecular flexibility index (Phi) is 41.3. The van der Waals surface area contributed by atoms with E-state index in [4.69, 9.17) is 0 Å². The van der Waals surface area contributed by atoms with Crippen molar-refractivity contribution in [2.24, 2.45) is 0 Å². The van der Waals surface area contributed by atoms with Crippen molar-refractivity contribution >= 4 is 11.8 Å². The zero-order chi connectivity index (χ0) is 12.6. The van der Waals surface area contributed by atoms with Crippen molar-refractivity contribution in [3.63, 3.8) is 0 Å². The zero-order valence-corrected chi connectivity index (χ0v) is 17.7. The van der Waals surface area contributed by atoms with Crippen LogP contribution >= 0.6 is 0 Å². The molecule has 0 atom stereocenters. The van der Waals surface area contributed by atoms with Gasteiger partial charge in [0.2, 0.25) is 0 Å². The summed E-state index contributed by atoms with van der Waals surface area (Å²) in [6.45, 7) is 2.40. The van der Waals surface area contributed by atoms with E-state index in [-0.39, 0.29) is 70.7 Å². The molecule has 0 aromatic rings. The van der Waals surface area contributed by atoms with Gasteiger partial charge in [0.15, 0.2) is 0 Å². The quantitative estimate of drug-likeness (QED) is 0.314. The molecule has 2 N–H and O–H groups in total. The van der Waals surface area contributed by atoms with Gasteiger partial charge in [0.05, 0.1) is 0 Å². The smallest absolute Gasteiger partial charge is 1.00 e. The van der Waals surface area contributed by atoms with Crippen molar-refractivity contribution in [2.75, 3.05) is 54.4 Å². The van der Waals surface area contributed by atoms with Gasteiger partial charge in [-0.25, -0.2) is 0 Å².